The maximum absolute atomic E-state index is 12.1. The molecule has 3 N–H and O–H groups in total. The summed E-state index contributed by atoms with van der Waals surface area (Å²) >= 11 is 0. The molecule has 0 fully saturated rings. The highest BCUT2D eigenvalue weighted by molar-refractivity contribution is 7.47. The summed E-state index contributed by atoms with van der Waals surface area (Å²) in [4.78, 5) is 33.9. The van der Waals surface area contributed by atoms with E-state index in [1.165, 1.54) is 83.5 Å². The maximum Gasteiger partial charge on any atom is 0.472 e. The molecule has 2 unspecified atom stereocenters. The zero-order chi connectivity index (χ0) is 39.6. The second-order valence-electron chi connectivity index (χ2n) is 14.3. The number of amides is 1. The molecule has 0 heterocycles. The van der Waals surface area contributed by atoms with Crippen LogP contribution in [0, 0.1) is 0 Å². The number of esters is 1. The van der Waals surface area contributed by atoms with E-state index in [9.17, 15) is 24.2 Å². The molecule has 0 spiro atoms. The fourth-order valence-electron chi connectivity index (χ4n) is 5.67. The number of aliphatic hydroxyl groups is 1. The van der Waals surface area contributed by atoms with Crippen molar-refractivity contribution in [3.05, 3.63) is 48.6 Å². The topological polar surface area (TPSA) is 131 Å². The summed E-state index contributed by atoms with van der Waals surface area (Å²) in [7, 11) is -4.42. The molecule has 0 aliphatic heterocycles. The van der Waals surface area contributed by atoms with Crippen LogP contribution in [0.1, 0.15) is 187 Å². The summed E-state index contributed by atoms with van der Waals surface area (Å²) in [5.41, 5.74) is 0. The quantitative estimate of drug-likeness (QED) is 0.0242. The number of phosphoric acid groups is 1. The summed E-state index contributed by atoms with van der Waals surface area (Å²) in [5.74, 6) is -0.535. The minimum atomic E-state index is -4.42. The lowest BCUT2D eigenvalue weighted by Crippen LogP contribution is -2.27. The molecule has 314 valence electrons. The van der Waals surface area contributed by atoms with E-state index in [0.29, 0.717) is 6.42 Å². The number of carbonyl (C=O) groups excluding carboxylic acids is 2. The van der Waals surface area contributed by atoms with Crippen LogP contribution in [0.5, 0.6) is 0 Å². The smallest absolute Gasteiger partial charge is 0.463 e. The molecule has 0 radical (unpaired) electrons. The second kappa shape index (κ2) is 40.6. The zero-order valence-electron chi connectivity index (χ0n) is 34.4. The highest BCUT2D eigenvalue weighted by Crippen LogP contribution is 2.42. The number of unbranched alkanes of at least 4 members (excludes halogenated alkanes) is 19. The van der Waals surface area contributed by atoms with Crippen LogP contribution in [0.4, 0.5) is 0 Å². The van der Waals surface area contributed by atoms with Gasteiger partial charge in [0.15, 0.2) is 0 Å². The van der Waals surface area contributed by atoms with Gasteiger partial charge in [-0.1, -0.05) is 146 Å². The number of phosphoric ester groups is 1. The molecule has 0 aliphatic carbocycles. The molecule has 0 aromatic heterocycles. The van der Waals surface area contributed by atoms with Gasteiger partial charge in [0.25, 0.3) is 0 Å². The first kappa shape index (κ1) is 52.0. The first-order chi connectivity index (χ1) is 26.3. The fraction of sp³-hybridized carbons (Fsp3) is 0.773. The molecule has 0 bridgehead atoms. The standard InChI is InChI=1S/C44H80NO8P/c1-3-5-7-9-11-13-15-17-18-19-20-21-22-23-24-25-27-29-31-33-35-37-44(48)51-40-42(46)41-53-54(49,50)52-39-38-45-43(47)36-34-32-30-28-26-16-14-12-10-8-6-4-2/h11-14,17-18,20-21,42,46H,3-10,15-16,19,22-41H2,1-2H3,(H,45,47)(H,49,50)/b13-11-,14-12-,18-17-,21-20-. The molecule has 1 amide bonds. The Morgan fingerprint density at radius 3 is 1.52 bits per heavy atom. The number of hydrogen-bond acceptors (Lipinski definition) is 7. The van der Waals surface area contributed by atoms with E-state index >= 15 is 0 Å². The van der Waals surface area contributed by atoms with Gasteiger partial charge in [0.05, 0.1) is 13.2 Å². The molecule has 0 aliphatic rings. The van der Waals surface area contributed by atoms with Crippen molar-refractivity contribution in [2.45, 2.75) is 193 Å². The highest BCUT2D eigenvalue weighted by Gasteiger charge is 2.23. The molecule has 0 rings (SSSR count). The lowest BCUT2D eigenvalue weighted by Gasteiger charge is -2.15. The third-order valence-corrected chi connectivity index (χ3v) is 9.97. The monoisotopic (exact) mass is 782 g/mol. The molecule has 0 saturated carbocycles. The van der Waals surface area contributed by atoms with Gasteiger partial charge in [-0.05, 0) is 77.0 Å². The van der Waals surface area contributed by atoms with Gasteiger partial charge in [-0.25, -0.2) is 4.57 Å². The van der Waals surface area contributed by atoms with Crippen molar-refractivity contribution in [3.63, 3.8) is 0 Å². The molecule has 2 atom stereocenters. The van der Waals surface area contributed by atoms with Gasteiger partial charge in [0.1, 0.15) is 12.7 Å². The van der Waals surface area contributed by atoms with E-state index in [2.05, 4.69) is 67.8 Å². The molecule has 0 aromatic rings. The van der Waals surface area contributed by atoms with E-state index in [-0.39, 0.29) is 32.1 Å². The third kappa shape index (κ3) is 41.1. The number of carbonyl (C=O) groups is 2. The normalized spacial score (nSPS) is 13.8. The minimum absolute atomic E-state index is 0.0752. The Morgan fingerprint density at radius 2 is 1.00 bits per heavy atom. The Kier molecular flexibility index (Phi) is 39.1. The Balaban J connectivity index is 3.62. The van der Waals surface area contributed by atoms with Crippen LogP contribution in [0.2, 0.25) is 0 Å². The number of nitrogens with one attached hydrogen (secondary N) is 1. The maximum atomic E-state index is 12.1. The first-order valence-corrected chi connectivity index (χ1v) is 23.1. The van der Waals surface area contributed by atoms with E-state index in [1.807, 2.05) is 0 Å². The van der Waals surface area contributed by atoms with Crippen LogP contribution in [-0.4, -0.2) is 54.3 Å². The van der Waals surface area contributed by atoms with Gasteiger partial charge in [-0.2, -0.15) is 0 Å². The van der Waals surface area contributed by atoms with E-state index in [4.69, 9.17) is 13.8 Å². The number of allylic oxidation sites excluding steroid dienone is 8. The summed E-state index contributed by atoms with van der Waals surface area (Å²) in [6.07, 6.45) is 46.1. The zero-order valence-corrected chi connectivity index (χ0v) is 35.3. The molecule has 10 heteroatoms. The summed E-state index contributed by atoms with van der Waals surface area (Å²) in [5, 5.41) is 12.7. The van der Waals surface area contributed by atoms with Crippen LogP contribution >= 0.6 is 7.82 Å². The van der Waals surface area contributed by atoms with Crippen LogP contribution < -0.4 is 5.32 Å². The van der Waals surface area contributed by atoms with Crippen LogP contribution in [0.25, 0.3) is 0 Å². The Bertz CT molecular complexity index is 1030. The molecule has 9 nitrogen and oxygen atoms in total. The van der Waals surface area contributed by atoms with E-state index < -0.39 is 26.5 Å². The minimum Gasteiger partial charge on any atom is -0.463 e. The third-order valence-electron chi connectivity index (χ3n) is 8.98. The van der Waals surface area contributed by atoms with Crippen LogP contribution in [0.3, 0.4) is 0 Å². The van der Waals surface area contributed by atoms with Gasteiger partial charge < -0.3 is 20.1 Å². The van der Waals surface area contributed by atoms with Crippen molar-refractivity contribution in [1.82, 2.24) is 5.32 Å². The Morgan fingerprint density at radius 1 is 0.574 bits per heavy atom. The average Bonchev–Trinajstić information content (AvgIpc) is 3.16. The van der Waals surface area contributed by atoms with Crippen LogP contribution in [-0.2, 0) is 27.9 Å². The largest absolute Gasteiger partial charge is 0.472 e. The van der Waals surface area contributed by atoms with E-state index in [1.54, 1.807) is 0 Å². The van der Waals surface area contributed by atoms with Crippen molar-refractivity contribution < 1.29 is 37.9 Å². The van der Waals surface area contributed by atoms with Crippen molar-refractivity contribution in [3.8, 4) is 0 Å². The molecular weight excluding hydrogens is 701 g/mol. The number of rotatable bonds is 40. The lowest BCUT2D eigenvalue weighted by molar-refractivity contribution is -0.147. The Labute approximate surface area is 330 Å². The molecule has 0 aromatic carbocycles. The molecule has 54 heavy (non-hydrogen) atoms. The van der Waals surface area contributed by atoms with Gasteiger partial charge in [0.2, 0.25) is 5.91 Å². The molecular formula is C44H80NO8P. The van der Waals surface area contributed by atoms with Crippen molar-refractivity contribution in [1.29, 1.82) is 0 Å². The van der Waals surface area contributed by atoms with Crippen molar-refractivity contribution >= 4 is 19.7 Å². The predicted octanol–water partition coefficient (Wildman–Crippen LogP) is 11.9. The fourth-order valence-corrected chi connectivity index (χ4v) is 6.43. The van der Waals surface area contributed by atoms with Gasteiger partial charge in [-0.15, -0.1) is 0 Å². The second-order valence-corrected chi connectivity index (χ2v) is 15.8. The van der Waals surface area contributed by atoms with Crippen molar-refractivity contribution in [2.24, 2.45) is 0 Å². The van der Waals surface area contributed by atoms with Crippen molar-refractivity contribution in [2.75, 3.05) is 26.4 Å². The van der Waals surface area contributed by atoms with Gasteiger partial charge in [0, 0.05) is 19.4 Å². The number of aliphatic hydroxyl groups excluding tert-OH is 1. The highest BCUT2D eigenvalue weighted by atomic mass is 31.2. The predicted molar refractivity (Wildman–Crippen MR) is 224 cm³/mol. The van der Waals surface area contributed by atoms with Gasteiger partial charge >= 0.3 is 13.8 Å². The molecule has 0 saturated heterocycles. The SMILES string of the molecule is CCCCC/C=C\C/C=C\C/C=C\CCCCCCCCCCC(=O)OCC(O)COP(=O)(O)OCCNC(=O)CCCCCCC/C=C\CCCCC. The summed E-state index contributed by atoms with van der Waals surface area (Å²) < 4.78 is 26.8. The van der Waals surface area contributed by atoms with Gasteiger partial charge in [-0.3, -0.25) is 18.6 Å². The first-order valence-electron chi connectivity index (χ1n) is 21.6. The van der Waals surface area contributed by atoms with Crippen LogP contribution in [0.15, 0.2) is 48.6 Å². The number of hydrogen-bond donors (Lipinski definition) is 3. The summed E-state index contributed by atoms with van der Waals surface area (Å²) in [6.45, 7) is 3.48. The summed E-state index contributed by atoms with van der Waals surface area (Å²) in [6, 6.07) is 0. The average molecular weight is 782 g/mol. The number of ether oxygens (including phenoxy) is 1. The van der Waals surface area contributed by atoms with E-state index in [0.717, 1.165) is 77.0 Å². The lowest BCUT2D eigenvalue weighted by atomic mass is 10.1. The Hall–Kier alpha value is -2.03.